The molecule has 0 saturated carbocycles. The molecule has 2 aliphatic heterocycles. The van der Waals surface area contributed by atoms with Crippen molar-refractivity contribution in [3.8, 4) is 0 Å². The number of carbonyl (C=O) groups excluding carboxylic acids is 2. The molecule has 4 rings (SSSR count). The highest BCUT2D eigenvalue weighted by molar-refractivity contribution is 5.89. The zero-order chi connectivity index (χ0) is 19.9. The average molecular weight is 376 g/mol. The molecule has 1 amide bonds. The third-order valence-electron chi connectivity index (χ3n) is 5.99. The van der Waals surface area contributed by atoms with E-state index < -0.39 is 5.66 Å². The SMILES string of the molecule is COC(=O)c1ccc(C=C[C@@]23NC(=O)CCN2c2ccccc2C3(C)C)cc1. The first kappa shape index (κ1) is 18.3. The van der Waals surface area contributed by atoms with E-state index in [9.17, 15) is 9.59 Å². The van der Waals surface area contributed by atoms with Crippen LogP contribution in [0.2, 0.25) is 0 Å². The Labute approximate surface area is 165 Å². The van der Waals surface area contributed by atoms with Crippen molar-refractivity contribution < 1.29 is 14.3 Å². The standard InChI is InChI=1S/C23H24N2O3/c1-22(2)18-6-4-5-7-19(18)25-15-13-20(26)24-23(22,25)14-12-16-8-10-17(11-9-16)21(27)28-3/h4-12,14H,13,15H2,1-3H3,(H,24,26)/t23-/m1/s1. The molecule has 0 radical (unpaired) electrons. The summed E-state index contributed by atoms with van der Waals surface area (Å²) >= 11 is 0. The highest BCUT2D eigenvalue weighted by Gasteiger charge is 2.57. The average Bonchev–Trinajstić information content (AvgIpc) is 2.90. The molecule has 1 fully saturated rings. The zero-order valence-corrected chi connectivity index (χ0v) is 16.4. The zero-order valence-electron chi connectivity index (χ0n) is 16.4. The first-order valence-corrected chi connectivity index (χ1v) is 9.45. The fraction of sp³-hybridized carbons (Fsp3) is 0.304. The second kappa shape index (κ2) is 6.51. The Bertz CT molecular complexity index is 962. The van der Waals surface area contributed by atoms with E-state index in [1.807, 2.05) is 30.3 Å². The van der Waals surface area contributed by atoms with Crippen molar-refractivity contribution >= 4 is 23.6 Å². The lowest BCUT2D eigenvalue weighted by molar-refractivity contribution is -0.124. The fourth-order valence-electron chi connectivity index (χ4n) is 4.38. The van der Waals surface area contributed by atoms with Crippen LogP contribution in [-0.2, 0) is 14.9 Å². The van der Waals surface area contributed by atoms with Gasteiger partial charge in [-0.3, -0.25) is 4.79 Å². The van der Waals surface area contributed by atoms with Gasteiger partial charge in [-0.05, 0) is 35.4 Å². The van der Waals surface area contributed by atoms with Crippen LogP contribution < -0.4 is 10.2 Å². The van der Waals surface area contributed by atoms with E-state index in [1.165, 1.54) is 12.7 Å². The van der Waals surface area contributed by atoms with E-state index in [2.05, 4.69) is 42.3 Å². The number of benzene rings is 2. The number of esters is 1. The number of para-hydroxylation sites is 1. The monoisotopic (exact) mass is 376 g/mol. The topological polar surface area (TPSA) is 58.6 Å². The number of ether oxygens (including phenoxy) is 1. The van der Waals surface area contributed by atoms with Gasteiger partial charge in [-0.25, -0.2) is 4.79 Å². The summed E-state index contributed by atoms with van der Waals surface area (Å²) in [7, 11) is 1.37. The van der Waals surface area contributed by atoms with Gasteiger partial charge in [0.05, 0.1) is 12.7 Å². The van der Waals surface area contributed by atoms with Gasteiger partial charge in [-0.2, -0.15) is 0 Å². The minimum absolute atomic E-state index is 0.0582. The number of rotatable bonds is 3. The van der Waals surface area contributed by atoms with Crippen LogP contribution in [0.15, 0.2) is 54.6 Å². The molecule has 0 spiro atoms. The fourth-order valence-corrected chi connectivity index (χ4v) is 4.38. The van der Waals surface area contributed by atoms with Crippen LogP contribution in [-0.4, -0.2) is 31.2 Å². The third-order valence-corrected chi connectivity index (χ3v) is 5.99. The van der Waals surface area contributed by atoms with Gasteiger partial charge in [0.2, 0.25) is 5.91 Å². The molecule has 0 unspecified atom stereocenters. The Hall–Kier alpha value is -3.08. The molecule has 0 aliphatic carbocycles. The molecular formula is C23H24N2O3. The summed E-state index contributed by atoms with van der Waals surface area (Å²) in [5.41, 5.74) is 2.92. The lowest BCUT2D eigenvalue weighted by Crippen LogP contribution is -2.68. The van der Waals surface area contributed by atoms with Crippen molar-refractivity contribution in [3.05, 3.63) is 71.3 Å². The van der Waals surface area contributed by atoms with E-state index in [-0.39, 0.29) is 17.3 Å². The Balaban J connectivity index is 1.74. The summed E-state index contributed by atoms with van der Waals surface area (Å²) in [6, 6.07) is 15.6. The number of nitrogens with one attached hydrogen (secondary N) is 1. The molecular weight excluding hydrogens is 352 g/mol. The summed E-state index contributed by atoms with van der Waals surface area (Å²) < 4.78 is 4.75. The highest BCUT2D eigenvalue weighted by atomic mass is 16.5. The van der Waals surface area contributed by atoms with Crippen molar-refractivity contribution in [1.29, 1.82) is 0 Å². The first-order valence-electron chi connectivity index (χ1n) is 9.45. The van der Waals surface area contributed by atoms with E-state index in [4.69, 9.17) is 4.74 Å². The second-order valence-corrected chi connectivity index (χ2v) is 7.81. The predicted octanol–water partition coefficient (Wildman–Crippen LogP) is 3.50. The number of amides is 1. The summed E-state index contributed by atoms with van der Waals surface area (Å²) in [5, 5.41) is 3.26. The summed E-state index contributed by atoms with van der Waals surface area (Å²) in [5.74, 6) is -0.296. The second-order valence-electron chi connectivity index (χ2n) is 7.81. The van der Waals surface area contributed by atoms with E-state index in [1.54, 1.807) is 12.1 Å². The van der Waals surface area contributed by atoms with E-state index >= 15 is 0 Å². The molecule has 2 aromatic carbocycles. The quantitative estimate of drug-likeness (QED) is 0.833. The van der Waals surface area contributed by atoms with Gasteiger partial charge in [-0.1, -0.05) is 50.3 Å². The summed E-state index contributed by atoms with van der Waals surface area (Å²) in [6.45, 7) is 5.02. The molecule has 1 N–H and O–H groups in total. The van der Waals surface area contributed by atoms with Gasteiger partial charge in [-0.15, -0.1) is 0 Å². The van der Waals surface area contributed by atoms with Crippen molar-refractivity contribution in [1.82, 2.24) is 5.32 Å². The highest BCUT2D eigenvalue weighted by Crippen LogP contribution is 2.52. The number of methoxy groups -OCH3 is 1. The number of fused-ring (bicyclic) bond motifs is 3. The number of carbonyl (C=O) groups is 2. The van der Waals surface area contributed by atoms with Crippen LogP contribution in [0, 0.1) is 0 Å². The molecule has 1 saturated heterocycles. The normalized spacial score (nSPS) is 22.5. The van der Waals surface area contributed by atoms with E-state index in [0.717, 1.165) is 11.3 Å². The van der Waals surface area contributed by atoms with Crippen molar-refractivity contribution in [2.24, 2.45) is 0 Å². The minimum Gasteiger partial charge on any atom is -0.465 e. The number of hydrogen-bond acceptors (Lipinski definition) is 4. The molecule has 144 valence electrons. The molecule has 28 heavy (non-hydrogen) atoms. The lowest BCUT2D eigenvalue weighted by Gasteiger charge is -2.49. The van der Waals surface area contributed by atoms with Crippen LogP contribution in [0.5, 0.6) is 0 Å². The number of anilines is 1. The Morgan fingerprint density at radius 1 is 1.14 bits per heavy atom. The predicted molar refractivity (Wildman–Crippen MR) is 109 cm³/mol. The third kappa shape index (κ3) is 2.61. The lowest BCUT2D eigenvalue weighted by atomic mass is 9.74. The maximum atomic E-state index is 12.4. The first-order chi connectivity index (χ1) is 13.4. The smallest absolute Gasteiger partial charge is 0.337 e. The Morgan fingerprint density at radius 2 is 1.86 bits per heavy atom. The maximum Gasteiger partial charge on any atom is 0.337 e. The number of hydrogen-bond donors (Lipinski definition) is 1. The Kier molecular flexibility index (Phi) is 4.26. The van der Waals surface area contributed by atoms with Gasteiger partial charge in [0.15, 0.2) is 0 Å². The molecule has 5 heteroatoms. The number of nitrogens with zero attached hydrogens (tertiary/aromatic N) is 1. The largest absolute Gasteiger partial charge is 0.465 e. The van der Waals surface area contributed by atoms with Gasteiger partial charge in [0.25, 0.3) is 0 Å². The molecule has 2 aromatic rings. The summed E-state index contributed by atoms with van der Waals surface area (Å²) in [4.78, 5) is 26.3. The molecule has 0 aromatic heterocycles. The summed E-state index contributed by atoms with van der Waals surface area (Å²) in [6.07, 6.45) is 4.57. The van der Waals surface area contributed by atoms with Crippen LogP contribution in [0.4, 0.5) is 5.69 Å². The van der Waals surface area contributed by atoms with Gasteiger partial charge in [0.1, 0.15) is 5.66 Å². The molecule has 2 heterocycles. The molecule has 0 bridgehead atoms. The van der Waals surface area contributed by atoms with Gasteiger partial charge in [0, 0.05) is 24.1 Å². The van der Waals surface area contributed by atoms with Crippen molar-refractivity contribution in [3.63, 3.8) is 0 Å². The van der Waals surface area contributed by atoms with Crippen molar-refractivity contribution in [2.45, 2.75) is 31.3 Å². The molecule has 1 atom stereocenters. The van der Waals surface area contributed by atoms with E-state index in [0.29, 0.717) is 18.5 Å². The molecule has 5 nitrogen and oxygen atoms in total. The van der Waals surface area contributed by atoms with Crippen LogP contribution in [0.3, 0.4) is 0 Å². The maximum absolute atomic E-state index is 12.4. The minimum atomic E-state index is -0.632. The van der Waals surface area contributed by atoms with Gasteiger partial charge < -0.3 is 15.0 Å². The van der Waals surface area contributed by atoms with Gasteiger partial charge >= 0.3 is 5.97 Å². The van der Waals surface area contributed by atoms with Crippen LogP contribution >= 0.6 is 0 Å². The van der Waals surface area contributed by atoms with Crippen molar-refractivity contribution in [2.75, 3.05) is 18.6 Å². The van der Waals surface area contributed by atoms with Crippen LogP contribution in [0.1, 0.15) is 41.8 Å². The van der Waals surface area contributed by atoms with Crippen LogP contribution in [0.25, 0.3) is 6.08 Å². The Morgan fingerprint density at radius 3 is 2.57 bits per heavy atom. The molecule has 2 aliphatic rings.